The van der Waals surface area contributed by atoms with Gasteiger partial charge in [0.15, 0.2) is 5.69 Å². The predicted octanol–water partition coefficient (Wildman–Crippen LogP) is 3.14. The monoisotopic (exact) mass is 315 g/mol. The average molecular weight is 315 g/mol. The Bertz CT molecular complexity index is 602. The summed E-state index contributed by atoms with van der Waals surface area (Å²) >= 11 is 0. The van der Waals surface area contributed by atoms with Gasteiger partial charge in [-0.1, -0.05) is 30.3 Å². The van der Waals surface area contributed by atoms with E-state index in [1.54, 1.807) is 7.11 Å². The van der Waals surface area contributed by atoms with Gasteiger partial charge in [-0.2, -0.15) is 0 Å². The van der Waals surface area contributed by atoms with E-state index in [0.29, 0.717) is 5.82 Å². The third kappa shape index (κ3) is 5.34. The Morgan fingerprint density at radius 2 is 2.00 bits per heavy atom. The number of ether oxygens (including phenoxy) is 1. The first-order chi connectivity index (χ1) is 11.2. The topological polar surface area (TPSA) is 84.3 Å². The van der Waals surface area contributed by atoms with Crippen molar-refractivity contribution >= 4 is 11.8 Å². The van der Waals surface area contributed by atoms with Crippen LogP contribution in [0, 0.1) is 0 Å². The number of hydrogen-bond donors (Lipinski definition) is 2. The highest BCUT2D eigenvalue weighted by Crippen LogP contribution is 2.23. The maximum Gasteiger partial charge on any atom is 0.356 e. The van der Waals surface area contributed by atoms with E-state index < -0.39 is 5.97 Å². The lowest BCUT2D eigenvalue weighted by Crippen LogP contribution is -2.13. The fourth-order valence-electron chi connectivity index (χ4n) is 2.29. The van der Waals surface area contributed by atoms with Gasteiger partial charge < -0.3 is 15.2 Å². The third-order valence-corrected chi connectivity index (χ3v) is 3.49. The van der Waals surface area contributed by atoms with E-state index >= 15 is 0 Å². The van der Waals surface area contributed by atoms with Crippen molar-refractivity contribution in [2.24, 2.45) is 0 Å². The SMILES string of the molecule is COCCCCC(Nc1cnc(C(=O)O)cn1)c1ccccc1. The molecule has 0 aliphatic carbocycles. The van der Waals surface area contributed by atoms with E-state index in [1.807, 2.05) is 18.2 Å². The summed E-state index contributed by atoms with van der Waals surface area (Å²) in [6.45, 7) is 0.745. The Morgan fingerprint density at radius 1 is 1.22 bits per heavy atom. The Hall–Kier alpha value is -2.47. The van der Waals surface area contributed by atoms with Gasteiger partial charge in [0.1, 0.15) is 5.82 Å². The second-order valence-electron chi connectivity index (χ2n) is 5.19. The van der Waals surface area contributed by atoms with Gasteiger partial charge in [0.2, 0.25) is 0 Å². The highest BCUT2D eigenvalue weighted by atomic mass is 16.5. The van der Waals surface area contributed by atoms with E-state index in [1.165, 1.54) is 12.4 Å². The van der Waals surface area contributed by atoms with Gasteiger partial charge in [-0.05, 0) is 24.8 Å². The molecule has 0 radical (unpaired) electrons. The molecule has 0 fully saturated rings. The van der Waals surface area contributed by atoms with E-state index in [9.17, 15) is 4.79 Å². The third-order valence-electron chi connectivity index (χ3n) is 3.49. The first-order valence-electron chi connectivity index (χ1n) is 7.56. The molecular weight excluding hydrogens is 294 g/mol. The lowest BCUT2D eigenvalue weighted by molar-refractivity contribution is 0.0690. The molecule has 0 saturated heterocycles. The second-order valence-corrected chi connectivity index (χ2v) is 5.19. The lowest BCUT2D eigenvalue weighted by Gasteiger charge is -2.19. The number of nitrogens with one attached hydrogen (secondary N) is 1. The summed E-state index contributed by atoms with van der Waals surface area (Å²) in [5.74, 6) is -0.515. The summed E-state index contributed by atoms with van der Waals surface area (Å²) in [4.78, 5) is 18.8. The smallest absolute Gasteiger partial charge is 0.356 e. The zero-order valence-electron chi connectivity index (χ0n) is 13.1. The van der Waals surface area contributed by atoms with Crippen LogP contribution in [0.4, 0.5) is 5.82 Å². The standard InChI is InChI=1S/C17H21N3O3/c1-23-10-6-5-9-14(13-7-3-2-4-8-13)20-16-12-18-15(11-19-16)17(21)22/h2-4,7-8,11-12,14H,5-6,9-10H2,1H3,(H,19,20)(H,21,22). The molecule has 0 saturated carbocycles. The molecule has 122 valence electrons. The lowest BCUT2D eigenvalue weighted by atomic mass is 10.0. The number of rotatable bonds is 9. The predicted molar refractivity (Wildman–Crippen MR) is 87.5 cm³/mol. The van der Waals surface area contributed by atoms with Gasteiger partial charge in [0.25, 0.3) is 0 Å². The molecule has 1 atom stereocenters. The van der Waals surface area contributed by atoms with Gasteiger partial charge in [-0.3, -0.25) is 0 Å². The first-order valence-corrected chi connectivity index (χ1v) is 7.56. The summed E-state index contributed by atoms with van der Waals surface area (Å²) < 4.78 is 5.08. The van der Waals surface area contributed by atoms with Gasteiger partial charge >= 0.3 is 5.97 Å². The molecule has 2 rings (SSSR count). The molecule has 0 spiro atoms. The molecule has 23 heavy (non-hydrogen) atoms. The van der Waals surface area contributed by atoms with E-state index in [2.05, 4.69) is 27.4 Å². The minimum Gasteiger partial charge on any atom is -0.476 e. The van der Waals surface area contributed by atoms with Crippen LogP contribution >= 0.6 is 0 Å². The molecule has 1 aromatic carbocycles. The summed E-state index contributed by atoms with van der Waals surface area (Å²) in [5.41, 5.74) is 1.10. The Morgan fingerprint density at radius 3 is 2.61 bits per heavy atom. The van der Waals surface area contributed by atoms with Crippen molar-refractivity contribution in [3.8, 4) is 0 Å². The van der Waals surface area contributed by atoms with Crippen LogP contribution in [0.1, 0.15) is 41.4 Å². The van der Waals surface area contributed by atoms with Crippen LogP contribution in [0.5, 0.6) is 0 Å². The largest absolute Gasteiger partial charge is 0.476 e. The van der Waals surface area contributed by atoms with Gasteiger partial charge in [-0.25, -0.2) is 14.8 Å². The normalized spacial score (nSPS) is 11.9. The van der Waals surface area contributed by atoms with Crippen molar-refractivity contribution in [3.05, 3.63) is 54.0 Å². The molecular formula is C17H21N3O3. The van der Waals surface area contributed by atoms with Gasteiger partial charge in [-0.15, -0.1) is 0 Å². The van der Waals surface area contributed by atoms with Crippen LogP contribution in [0.25, 0.3) is 0 Å². The van der Waals surface area contributed by atoms with E-state index in [-0.39, 0.29) is 11.7 Å². The summed E-state index contributed by atoms with van der Waals surface area (Å²) in [6, 6.07) is 10.2. The van der Waals surface area contributed by atoms with Crippen LogP contribution in [-0.2, 0) is 4.74 Å². The van der Waals surface area contributed by atoms with Crippen LogP contribution in [0.3, 0.4) is 0 Å². The number of methoxy groups -OCH3 is 1. The van der Waals surface area contributed by atoms with Crippen molar-refractivity contribution < 1.29 is 14.6 Å². The Labute approximate surface area is 135 Å². The maximum absolute atomic E-state index is 10.8. The zero-order chi connectivity index (χ0) is 16.5. The molecule has 6 nitrogen and oxygen atoms in total. The van der Waals surface area contributed by atoms with Gasteiger partial charge in [0, 0.05) is 13.7 Å². The molecule has 1 aromatic heterocycles. The summed E-state index contributed by atoms with van der Waals surface area (Å²) in [7, 11) is 1.70. The number of carboxylic acids is 1. The van der Waals surface area contributed by atoms with Crippen LogP contribution in [0.15, 0.2) is 42.7 Å². The van der Waals surface area contributed by atoms with Crippen molar-refractivity contribution in [2.45, 2.75) is 25.3 Å². The first kappa shape index (κ1) is 16.9. The molecule has 6 heteroatoms. The summed E-state index contributed by atoms with van der Waals surface area (Å²) in [6.07, 6.45) is 5.65. The zero-order valence-corrected chi connectivity index (χ0v) is 13.1. The van der Waals surface area contributed by atoms with Crippen molar-refractivity contribution in [2.75, 3.05) is 19.0 Å². The van der Waals surface area contributed by atoms with Crippen LogP contribution in [-0.4, -0.2) is 34.8 Å². The Kier molecular flexibility index (Phi) is 6.50. The molecule has 0 aliphatic rings. The van der Waals surface area contributed by atoms with Crippen LogP contribution < -0.4 is 5.32 Å². The second kappa shape index (κ2) is 8.85. The molecule has 0 aliphatic heterocycles. The number of anilines is 1. The fraction of sp³-hybridized carbons (Fsp3) is 0.353. The highest BCUT2D eigenvalue weighted by Gasteiger charge is 2.12. The molecule has 2 aromatic rings. The number of nitrogens with zero attached hydrogens (tertiary/aromatic N) is 2. The summed E-state index contributed by atoms with van der Waals surface area (Å²) in [5, 5.41) is 12.2. The Balaban J connectivity index is 2.05. The quantitative estimate of drug-likeness (QED) is 0.692. The van der Waals surface area contributed by atoms with Crippen molar-refractivity contribution in [1.82, 2.24) is 9.97 Å². The number of carbonyl (C=O) groups is 1. The number of aromatic nitrogens is 2. The van der Waals surface area contributed by atoms with Crippen LogP contribution in [0.2, 0.25) is 0 Å². The minimum atomic E-state index is -1.08. The molecule has 0 bridgehead atoms. The van der Waals surface area contributed by atoms with Crippen molar-refractivity contribution in [1.29, 1.82) is 0 Å². The molecule has 0 amide bonds. The number of hydrogen-bond acceptors (Lipinski definition) is 5. The molecule has 2 N–H and O–H groups in total. The maximum atomic E-state index is 10.8. The van der Waals surface area contributed by atoms with Crippen molar-refractivity contribution in [3.63, 3.8) is 0 Å². The number of unbranched alkanes of at least 4 members (excludes halogenated alkanes) is 1. The number of aromatic carboxylic acids is 1. The number of benzene rings is 1. The molecule has 1 heterocycles. The highest BCUT2D eigenvalue weighted by molar-refractivity contribution is 5.84. The van der Waals surface area contributed by atoms with E-state index in [0.717, 1.165) is 31.4 Å². The fourth-order valence-corrected chi connectivity index (χ4v) is 2.29. The van der Waals surface area contributed by atoms with E-state index in [4.69, 9.17) is 9.84 Å². The minimum absolute atomic E-state index is 0.0631. The average Bonchev–Trinajstić information content (AvgIpc) is 2.59. The number of carboxylic acid groups (broad SMARTS) is 1. The molecule has 1 unspecified atom stereocenters. The van der Waals surface area contributed by atoms with Gasteiger partial charge in [0.05, 0.1) is 18.4 Å².